The van der Waals surface area contributed by atoms with Crippen molar-refractivity contribution in [3.63, 3.8) is 0 Å². The highest BCUT2D eigenvalue weighted by Crippen LogP contribution is 2.24. The summed E-state index contributed by atoms with van der Waals surface area (Å²) in [7, 11) is 1.66. The Kier molecular flexibility index (Phi) is 6.56. The van der Waals surface area contributed by atoms with Gasteiger partial charge in [0.1, 0.15) is 5.75 Å². The second-order valence-corrected chi connectivity index (χ2v) is 4.77. The molecule has 0 amide bonds. The van der Waals surface area contributed by atoms with Crippen LogP contribution in [-0.4, -0.2) is 7.11 Å². The first-order valence-electron chi connectivity index (χ1n) is 6.88. The van der Waals surface area contributed by atoms with Crippen molar-refractivity contribution in [2.75, 3.05) is 7.11 Å². The van der Waals surface area contributed by atoms with Gasteiger partial charge in [0, 0.05) is 5.56 Å². The van der Waals surface area contributed by atoms with Crippen molar-refractivity contribution in [1.82, 2.24) is 0 Å². The van der Waals surface area contributed by atoms with Gasteiger partial charge in [0.25, 0.3) is 0 Å². The van der Waals surface area contributed by atoms with Crippen LogP contribution in [0, 0.1) is 18.6 Å². The van der Waals surface area contributed by atoms with Crippen molar-refractivity contribution >= 4 is 6.08 Å². The number of hydrogen-bond acceptors (Lipinski definition) is 1. The molecular weight excluding hydrogens is 220 g/mol. The van der Waals surface area contributed by atoms with Crippen LogP contribution in [0.25, 0.3) is 6.08 Å². The van der Waals surface area contributed by atoms with Crippen LogP contribution in [0.3, 0.4) is 0 Å². The van der Waals surface area contributed by atoms with E-state index in [1.54, 1.807) is 13.2 Å². The number of methoxy groups -OCH3 is 1. The predicted octanol–water partition coefficient (Wildman–Crippen LogP) is 4.70. The standard InChI is InChI=1S/C17H24O/c1-5-8-9-14(6-2)12-15-10-11-17(18-4)16(7-3)13-15/h3,7,11,13-14H,5-6,8-9,12H2,1-2,4H3. The molecule has 0 N–H and O–H groups in total. The highest BCUT2D eigenvalue weighted by Gasteiger charge is 2.09. The Morgan fingerprint density at radius 3 is 2.78 bits per heavy atom. The molecule has 0 aliphatic carbocycles. The third-order valence-corrected chi connectivity index (χ3v) is 3.45. The molecule has 0 aliphatic rings. The lowest BCUT2D eigenvalue weighted by Gasteiger charge is -2.15. The maximum Gasteiger partial charge on any atom is 0.126 e. The third kappa shape index (κ3) is 4.21. The molecule has 1 rings (SSSR count). The predicted molar refractivity (Wildman–Crippen MR) is 77.6 cm³/mol. The molecular formula is C17H24O. The number of ether oxygens (including phenoxy) is 1. The highest BCUT2D eigenvalue weighted by atomic mass is 16.5. The zero-order valence-corrected chi connectivity index (χ0v) is 11.8. The summed E-state index contributed by atoms with van der Waals surface area (Å²) < 4.78 is 5.24. The Bertz CT molecular complexity index is 368. The molecule has 0 aliphatic heterocycles. The lowest BCUT2D eigenvalue weighted by Crippen LogP contribution is -2.04. The van der Waals surface area contributed by atoms with Gasteiger partial charge in [-0.25, -0.2) is 0 Å². The summed E-state index contributed by atoms with van der Waals surface area (Å²) in [5, 5.41) is 0. The van der Waals surface area contributed by atoms with E-state index in [0.717, 1.165) is 23.7 Å². The fourth-order valence-electron chi connectivity index (χ4n) is 2.22. The van der Waals surface area contributed by atoms with E-state index in [9.17, 15) is 0 Å². The van der Waals surface area contributed by atoms with E-state index >= 15 is 0 Å². The monoisotopic (exact) mass is 244 g/mol. The number of benzene rings is 1. The summed E-state index contributed by atoms with van der Waals surface area (Å²) in [6.45, 7) is 10.1. The lowest BCUT2D eigenvalue weighted by molar-refractivity contribution is 0.412. The van der Waals surface area contributed by atoms with Gasteiger partial charge in [-0.2, -0.15) is 0 Å². The minimum absolute atomic E-state index is 0.750. The van der Waals surface area contributed by atoms with Crippen LogP contribution in [-0.2, 0) is 6.42 Å². The van der Waals surface area contributed by atoms with Crippen molar-refractivity contribution in [3.8, 4) is 5.75 Å². The first-order valence-corrected chi connectivity index (χ1v) is 6.88. The zero-order chi connectivity index (χ0) is 13.4. The first-order chi connectivity index (χ1) is 8.74. The molecule has 1 aromatic rings. The Labute approximate surface area is 112 Å². The van der Waals surface area contributed by atoms with E-state index < -0.39 is 0 Å². The van der Waals surface area contributed by atoms with E-state index in [4.69, 9.17) is 11.3 Å². The quantitative estimate of drug-likeness (QED) is 0.644. The van der Waals surface area contributed by atoms with Crippen LogP contribution < -0.4 is 4.74 Å². The van der Waals surface area contributed by atoms with Gasteiger partial charge in [-0.3, -0.25) is 0 Å². The molecule has 0 spiro atoms. The molecule has 1 unspecified atom stereocenters. The molecule has 0 saturated carbocycles. The maximum absolute atomic E-state index is 5.62. The molecule has 0 bridgehead atoms. The van der Waals surface area contributed by atoms with E-state index in [0.29, 0.717) is 0 Å². The summed E-state index contributed by atoms with van der Waals surface area (Å²) in [4.78, 5) is 0. The molecule has 98 valence electrons. The molecule has 0 fully saturated rings. The van der Waals surface area contributed by atoms with E-state index in [-0.39, 0.29) is 0 Å². The van der Waals surface area contributed by atoms with Crippen LogP contribution >= 0.6 is 0 Å². The van der Waals surface area contributed by atoms with Gasteiger partial charge < -0.3 is 4.74 Å². The van der Waals surface area contributed by atoms with E-state index in [2.05, 4.69) is 26.0 Å². The minimum Gasteiger partial charge on any atom is -0.496 e. The molecule has 0 aromatic heterocycles. The Balaban J connectivity index is 2.74. The second-order valence-electron chi connectivity index (χ2n) is 4.77. The van der Waals surface area contributed by atoms with Crippen molar-refractivity contribution in [1.29, 1.82) is 0 Å². The zero-order valence-electron chi connectivity index (χ0n) is 11.8. The molecule has 1 nitrogen and oxygen atoms in total. The smallest absolute Gasteiger partial charge is 0.126 e. The maximum atomic E-state index is 5.62. The molecule has 18 heavy (non-hydrogen) atoms. The summed E-state index contributed by atoms with van der Waals surface area (Å²) in [6, 6.07) is 7.28. The van der Waals surface area contributed by atoms with Crippen LogP contribution in [0.15, 0.2) is 12.1 Å². The van der Waals surface area contributed by atoms with Gasteiger partial charge in [-0.1, -0.05) is 52.2 Å². The highest BCUT2D eigenvalue weighted by molar-refractivity contribution is 5.55. The average Bonchev–Trinajstić information content (AvgIpc) is 2.43. The van der Waals surface area contributed by atoms with Crippen molar-refractivity contribution in [2.24, 2.45) is 5.92 Å². The summed E-state index contributed by atoms with van der Waals surface area (Å²) in [6.07, 6.45) is 7.79. The fourth-order valence-corrected chi connectivity index (χ4v) is 2.22. The molecule has 1 heteroatoms. The summed E-state index contributed by atoms with van der Waals surface area (Å²) in [5.74, 6) is 1.54. The van der Waals surface area contributed by atoms with Gasteiger partial charge in [-0.15, -0.1) is 0 Å². The topological polar surface area (TPSA) is 9.23 Å². The van der Waals surface area contributed by atoms with Crippen LogP contribution in [0.4, 0.5) is 0 Å². The normalized spacial score (nSPS) is 12.2. The SMILES string of the molecule is [CH]=Cc1cc(CC(CC)CCCC)[c]cc1OC. The van der Waals surface area contributed by atoms with Crippen LogP contribution in [0.2, 0.25) is 0 Å². The van der Waals surface area contributed by atoms with Gasteiger partial charge in [0.15, 0.2) is 0 Å². The molecule has 1 atom stereocenters. The number of unbranched alkanes of at least 4 members (excludes halogenated alkanes) is 1. The number of hydrogen-bond donors (Lipinski definition) is 0. The molecule has 0 saturated heterocycles. The Morgan fingerprint density at radius 2 is 2.22 bits per heavy atom. The van der Waals surface area contributed by atoms with E-state index in [1.807, 2.05) is 6.07 Å². The Morgan fingerprint density at radius 1 is 1.44 bits per heavy atom. The lowest BCUT2D eigenvalue weighted by atomic mass is 9.91. The first kappa shape index (κ1) is 14.8. The third-order valence-electron chi connectivity index (χ3n) is 3.45. The number of rotatable bonds is 8. The average molecular weight is 244 g/mol. The summed E-state index contributed by atoms with van der Waals surface area (Å²) >= 11 is 0. The Hall–Kier alpha value is -1.24. The minimum atomic E-state index is 0.750. The second kappa shape index (κ2) is 7.97. The molecule has 1 aromatic carbocycles. The van der Waals surface area contributed by atoms with Crippen molar-refractivity contribution in [2.45, 2.75) is 46.0 Å². The molecule has 0 heterocycles. The van der Waals surface area contributed by atoms with E-state index in [1.165, 1.54) is 31.2 Å². The molecule has 2 radical (unpaired) electrons. The van der Waals surface area contributed by atoms with Crippen molar-refractivity contribution < 1.29 is 4.74 Å². The fraction of sp³-hybridized carbons (Fsp3) is 0.529. The van der Waals surface area contributed by atoms with Crippen LogP contribution in [0.1, 0.15) is 50.7 Å². The largest absolute Gasteiger partial charge is 0.496 e. The van der Waals surface area contributed by atoms with Crippen molar-refractivity contribution in [3.05, 3.63) is 35.9 Å². The van der Waals surface area contributed by atoms with Gasteiger partial charge >= 0.3 is 0 Å². The van der Waals surface area contributed by atoms with Gasteiger partial charge in [0.05, 0.1) is 7.11 Å². The van der Waals surface area contributed by atoms with Crippen LogP contribution in [0.5, 0.6) is 5.75 Å². The van der Waals surface area contributed by atoms with Gasteiger partial charge in [0.2, 0.25) is 0 Å². The summed E-state index contributed by atoms with van der Waals surface area (Å²) in [5.41, 5.74) is 2.19. The van der Waals surface area contributed by atoms with Gasteiger partial charge in [-0.05, 0) is 36.1 Å².